The van der Waals surface area contributed by atoms with Crippen LogP contribution < -0.4 is 5.43 Å². The lowest BCUT2D eigenvalue weighted by atomic mass is 10.3. The van der Waals surface area contributed by atoms with E-state index in [0.717, 1.165) is 19.4 Å². The van der Waals surface area contributed by atoms with Gasteiger partial charge in [-0.3, -0.25) is 5.43 Å². The molecular formula is C8H14N2O2. The lowest BCUT2D eigenvalue weighted by Gasteiger charge is -2.32. The van der Waals surface area contributed by atoms with Gasteiger partial charge >= 0.3 is 0 Å². The van der Waals surface area contributed by atoms with Gasteiger partial charge in [0.15, 0.2) is 0 Å². The zero-order chi connectivity index (χ0) is 8.39. The third-order valence-corrected chi connectivity index (χ3v) is 2.25. The van der Waals surface area contributed by atoms with Gasteiger partial charge in [0, 0.05) is 12.6 Å². The third kappa shape index (κ3) is 1.83. The molecule has 0 spiro atoms. The van der Waals surface area contributed by atoms with Crippen molar-refractivity contribution >= 4 is 6.29 Å². The van der Waals surface area contributed by atoms with Crippen LogP contribution in [0.5, 0.6) is 0 Å². The van der Waals surface area contributed by atoms with Crippen molar-refractivity contribution in [1.29, 1.82) is 0 Å². The zero-order valence-corrected chi connectivity index (χ0v) is 7.03. The van der Waals surface area contributed by atoms with Crippen LogP contribution in [0.2, 0.25) is 0 Å². The first-order valence-corrected chi connectivity index (χ1v) is 4.46. The molecule has 1 atom stereocenters. The number of hydrazine groups is 1. The highest BCUT2D eigenvalue weighted by Crippen LogP contribution is 2.20. The van der Waals surface area contributed by atoms with Gasteiger partial charge in [-0.25, -0.2) is 5.01 Å². The number of aldehydes is 1. The van der Waals surface area contributed by atoms with Crippen LogP contribution in [-0.4, -0.2) is 43.1 Å². The van der Waals surface area contributed by atoms with Gasteiger partial charge in [-0.2, -0.15) is 0 Å². The second kappa shape index (κ2) is 3.51. The second-order valence-electron chi connectivity index (χ2n) is 3.38. The van der Waals surface area contributed by atoms with E-state index < -0.39 is 0 Å². The van der Waals surface area contributed by atoms with Crippen molar-refractivity contribution < 1.29 is 9.53 Å². The molecule has 1 aliphatic carbocycles. The van der Waals surface area contributed by atoms with Gasteiger partial charge in [-0.1, -0.05) is 0 Å². The fraction of sp³-hybridized carbons (Fsp3) is 0.875. The predicted molar refractivity (Wildman–Crippen MR) is 43.5 cm³/mol. The number of ether oxygens (including phenoxy) is 1. The number of nitrogens with one attached hydrogen (secondary N) is 1. The number of rotatable bonds is 3. The largest absolute Gasteiger partial charge is 0.378 e. The Morgan fingerprint density at radius 3 is 3.00 bits per heavy atom. The Balaban J connectivity index is 1.85. The molecule has 0 bridgehead atoms. The monoisotopic (exact) mass is 170 g/mol. The van der Waals surface area contributed by atoms with Crippen molar-refractivity contribution in [2.45, 2.75) is 24.9 Å². The molecule has 4 heteroatoms. The predicted octanol–water partition coefficient (Wildman–Crippen LogP) is -0.447. The average Bonchev–Trinajstić information content (AvgIpc) is 2.89. The Hall–Kier alpha value is -0.450. The first-order valence-electron chi connectivity index (χ1n) is 4.46. The summed E-state index contributed by atoms with van der Waals surface area (Å²) in [6, 6.07) is 0.532. The number of carbonyl (C=O) groups excluding carboxylic acids is 1. The van der Waals surface area contributed by atoms with Crippen molar-refractivity contribution in [3.8, 4) is 0 Å². The minimum Gasteiger partial charge on any atom is -0.378 e. The number of nitrogens with zero attached hydrogens (tertiary/aromatic N) is 1. The van der Waals surface area contributed by atoms with Crippen molar-refractivity contribution in [2.75, 3.05) is 19.8 Å². The first-order chi connectivity index (χ1) is 5.90. The van der Waals surface area contributed by atoms with Crippen LogP contribution in [0.1, 0.15) is 12.8 Å². The quantitative estimate of drug-likeness (QED) is 0.583. The lowest BCUT2D eigenvalue weighted by Crippen LogP contribution is -2.54. The van der Waals surface area contributed by atoms with Crippen LogP contribution in [-0.2, 0) is 9.53 Å². The third-order valence-electron chi connectivity index (χ3n) is 2.25. The molecule has 0 aromatic heterocycles. The molecule has 2 rings (SSSR count). The van der Waals surface area contributed by atoms with Gasteiger partial charge in [0.2, 0.25) is 0 Å². The molecule has 68 valence electrons. The molecule has 0 amide bonds. The highest BCUT2D eigenvalue weighted by Gasteiger charge is 2.29. The van der Waals surface area contributed by atoms with E-state index in [2.05, 4.69) is 5.43 Å². The maximum atomic E-state index is 10.6. The standard InChI is InChI=1S/C8H14N2O2/c11-5-8-6-12-4-3-10(8)9-7-1-2-7/h5,7-9H,1-4,6H2. The zero-order valence-electron chi connectivity index (χ0n) is 7.03. The molecule has 1 saturated carbocycles. The molecule has 1 unspecified atom stereocenters. The van der Waals surface area contributed by atoms with E-state index in [-0.39, 0.29) is 6.04 Å². The van der Waals surface area contributed by atoms with Gasteiger partial charge in [0.1, 0.15) is 12.3 Å². The molecule has 0 radical (unpaired) electrons. The van der Waals surface area contributed by atoms with Crippen LogP contribution in [0.15, 0.2) is 0 Å². The maximum absolute atomic E-state index is 10.6. The molecule has 2 fully saturated rings. The summed E-state index contributed by atoms with van der Waals surface area (Å²) in [5.41, 5.74) is 3.32. The van der Waals surface area contributed by atoms with E-state index >= 15 is 0 Å². The van der Waals surface area contributed by atoms with Crippen LogP contribution in [0, 0.1) is 0 Å². The van der Waals surface area contributed by atoms with Gasteiger partial charge in [0.05, 0.1) is 13.2 Å². The molecule has 1 aliphatic heterocycles. The molecule has 0 aromatic rings. The van der Waals surface area contributed by atoms with E-state index in [1.807, 2.05) is 5.01 Å². The average molecular weight is 170 g/mol. The van der Waals surface area contributed by atoms with Gasteiger partial charge in [0.25, 0.3) is 0 Å². The second-order valence-corrected chi connectivity index (χ2v) is 3.38. The normalized spacial score (nSPS) is 31.8. The molecule has 1 saturated heterocycles. The number of hydrogen-bond donors (Lipinski definition) is 1. The topological polar surface area (TPSA) is 41.6 Å². The summed E-state index contributed by atoms with van der Waals surface area (Å²) < 4.78 is 5.19. The number of carbonyl (C=O) groups is 1. The summed E-state index contributed by atoms with van der Waals surface area (Å²) in [5, 5.41) is 2.01. The fourth-order valence-corrected chi connectivity index (χ4v) is 1.34. The fourth-order valence-electron chi connectivity index (χ4n) is 1.34. The molecule has 4 nitrogen and oxygen atoms in total. The summed E-state index contributed by atoms with van der Waals surface area (Å²) >= 11 is 0. The van der Waals surface area contributed by atoms with Crippen LogP contribution in [0.4, 0.5) is 0 Å². The van der Waals surface area contributed by atoms with Gasteiger partial charge in [-0.15, -0.1) is 0 Å². The molecular weight excluding hydrogens is 156 g/mol. The van der Waals surface area contributed by atoms with Crippen LogP contribution in [0.25, 0.3) is 0 Å². The minimum absolute atomic E-state index is 0.0839. The molecule has 12 heavy (non-hydrogen) atoms. The Labute approximate surface area is 71.8 Å². The van der Waals surface area contributed by atoms with Crippen molar-refractivity contribution in [3.05, 3.63) is 0 Å². The van der Waals surface area contributed by atoms with E-state index in [4.69, 9.17) is 4.74 Å². The Morgan fingerprint density at radius 1 is 1.50 bits per heavy atom. The van der Waals surface area contributed by atoms with Crippen molar-refractivity contribution in [1.82, 2.24) is 10.4 Å². The van der Waals surface area contributed by atoms with Crippen molar-refractivity contribution in [3.63, 3.8) is 0 Å². The maximum Gasteiger partial charge on any atom is 0.140 e. The van der Waals surface area contributed by atoms with E-state index in [1.54, 1.807) is 0 Å². The summed E-state index contributed by atoms with van der Waals surface area (Å²) in [4.78, 5) is 10.6. The first kappa shape index (κ1) is 8.16. The summed E-state index contributed by atoms with van der Waals surface area (Å²) in [5.74, 6) is 0. The van der Waals surface area contributed by atoms with Crippen molar-refractivity contribution in [2.24, 2.45) is 0 Å². The summed E-state index contributed by atoms with van der Waals surface area (Å²) in [7, 11) is 0. The minimum atomic E-state index is -0.0839. The highest BCUT2D eigenvalue weighted by atomic mass is 16.5. The van der Waals surface area contributed by atoms with E-state index in [9.17, 15) is 4.79 Å². The Bertz CT molecular complexity index is 170. The Kier molecular flexibility index (Phi) is 2.39. The summed E-state index contributed by atoms with van der Waals surface area (Å²) in [6.07, 6.45) is 3.43. The van der Waals surface area contributed by atoms with E-state index in [0.29, 0.717) is 12.6 Å². The molecule has 1 N–H and O–H groups in total. The summed E-state index contributed by atoms with van der Waals surface area (Å²) in [6.45, 7) is 2.08. The van der Waals surface area contributed by atoms with Gasteiger partial charge < -0.3 is 9.53 Å². The SMILES string of the molecule is O=CC1COCCN1NC1CC1. The molecule has 0 aromatic carbocycles. The number of morpholine rings is 1. The van der Waals surface area contributed by atoms with Crippen LogP contribution in [0.3, 0.4) is 0 Å². The van der Waals surface area contributed by atoms with Gasteiger partial charge in [-0.05, 0) is 12.8 Å². The lowest BCUT2D eigenvalue weighted by molar-refractivity contribution is -0.121. The Morgan fingerprint density at radius 2 is 2.33 bits per heavy atom. The van der Waals surface area contributed by atoms with Crippen LogP contribution >= 0.6 is 0 Å². The van der Waals surface area contributed by atoms with E-state index in [1.165, 1.54) is 12.8 Å². The molecule has 2 aliphatic rings. The number of hydrogen-bond acceptors (Lipinski definition) is 4. The smallest absolute Gasteiger partial charge is 0.140 e. The highest BCUT2D eigenvalue weighted by molar-refractivity contribution is 5.57. The molecule has 1 heterocycles.